The van der Waals surface area contributed by atoms with Crippen LogP contribution >= 0.6 is 0 Å². The Morgan fingerprint density at radius 2 is 2.00 bits per heavy atom. The maximum Gasteiger partial charge on any atom is 0.245 e. The van der Waals surface area contributed by atoms with Crippen molar-refractivity contribution in [2.75, 3.05) is 13.1 Å². The SMILES string of the molecule is CC(=O)N[C@H]1C[C@H]2CN(C(=O)CCn3nc(C)cc3C)[C@@H](CC(C)C)C(=O)N2C1. The first kappa shape index (κ1) is 21.3. The first-order chi connectivity index (χ1) is 13.7. The highest BCUT2D eigenvalue weighted by atomic mass is 16.2. The third-order valence-electron chi connectivity index (χ3n) is 5.83. The van der Waals surface area contributed by atoms with Gasteiger partial charge in [0.15, 0.2) is 0 Å². The summed E-state index contributed by atoms with van der Waals surface area (Å²) in [6.07, 6.45) is 1.67. The normalized spacial score (nSPS) is 24.2. The average molecular weight is 404 g/mol. The molecule has 3 amide bonds. The third kappa shape index (κ3) is 4.79. The van der Waals surface area contributed by atoms with Crippen molar-refractivity contribution in [1.29, 1.82) is 0 Å². The summed E-state index contributed by atoms with van der Waals surface area (Å²) in [4.78, 5) is 41.4. The van der Waals surface area contributed by atoms with Crippen LogP contribution in [0, 0.1) is 19.8 Å². The van der Waals surface area contributed by atoms with Crippen LogP contribution in [0.1, 0.15) is 51.4 Å². The lowest BCUT2D eigenvalue weighted by Crippen LogP contribution is -2.61. The monoisotopic (exact) mass is 403 g/mol. The molecular formula is C21H33N5O3. The Kier molecular flexibility index (Phi) is 6.29. The number of hydrogen-bond acceptors (Lipinski definition) is 4. The average Bonchev–Trinajstić information content (AvgIpc) is 3.16. The number of carbonyl (C=O) groups is 3. The molecule has 0 bridgehead atoms. The molecule has 3 atom stereocenters. The summed E-state index contributed by atoms with van der Waals surface area (Å²) >= 11 is 0. The molecule has 29 heavy (non-hydrogen) atoms. The van der Waals surface area contributed by atoms with Crippen LogP contribution in [0.2, 0.25) is 0 Å². The minimum absolute atomic E-state index is 0.000759. The van der Waals surface area contributed by atoms with Crippen molar-refractivity contribution in [3.05, 3.63) is 17.5 Å². The number of nitrogens with one attached hydrogen (secondary N) is 1. The van der Waals surface area contributed by atoms with Crippen LogP contribution in [-0.4, -0.2) is 68.5 Å². The van der Waals surface area contributed by atoms with Gasteiger partial charge in [-0.1, -0.05) is 13.8 Å². The molecule has 8 heteroatoms. The second-order valence-corrected chi connectivity index (χ2v) is 8.87. The fourth-order valence-corrected chi connectivity index (χ4v) is 4.63. The fraction of sp³-hybridized carbons (Fsp3) is 0.714. The van der Waals surface area contributed by atoms with Gasteiger partial charge in [0, 0.05) is 44.7 Å². The van der Waals surface area contributed by atoms with Crippen LogP contribution in [-0.2, 0) is 20.9 Å². The van der Waals surface area contributed by atoms with Crippen molar-refractivity contribution in [2.45, 2.75) is 78.6 Å². The van der Waals surface area contributed by atoms with Gasteiger partial charge in [0.2, 0.25) is 17.7 Å². The van der Waals surface area contributed by atoms with E-state index in [1.165, 1.54) is 6.92 Å². The minimum Gasteiger partial charge on any atom is -0.352 e. The molecule has 3 rings (SSSR count). The molecule has 2 aliphatic rings. The second kappa shape index (κ2) is 8.55. The Morgan fingerprint density at radius 1 is 1.28 bits per heavy atom. The van der Waals surface area contributed by atoms with Crippen LogP contribution in [0.15, 0.2) is 6.07 Å². The predicted molar refractivity (Wildman–Crippen MR) is 109 cm³/mol. The van der Waals surface area contributed by atoms with Crippen molar-refractivity contribution in [1.82, 2.24) is 24.9 Å². The zero-order chi connectivity index (χ0) is 21.3. The van der Waals surface area contributed by atoms with Gasteiger partial charge in [-0.3, -0.25) is 19.1 Å². The molecule has 0 aromatic carbocycles. The highest BCUT2D eigenvalue weighted by Crippen LogP contribution is 2.29. The summed E-state index contributed by atoms with van der Waals surface area (Å²) in [5, 5.41) is 7.36. The molecule has 1 aromatic rings. The molecule has 0 unspecified atom stereocenters. The quantitative estimate of drug-likeness (QED) is 0.774. The van der Waals surface area contributed by atoms with E-state index in [9.17, 15) is 14.4 Å². The van der Waals surface area contributed by atoms with Crippen molar-refractivity contribution < 1.29 is 14.4 Å². The molecule has 3 heterocycles. The molecule has 0 aliphatic carbocycles. The zero-order valence-corrected chi connectivity index (χ0v) is 18.1. The van der Waals surface area contributed by atoms with Gasteiger partial charge in [0.25, 0.3) is 0 Å². The molecule has 2 saturated heterocycles. The van der Waals surface area contributed by atoms with E-state index in [1.54, 1.807) is 4.90 Å². The number of hydrogen-bond donors (Lipinski definition) is 1. The Morgan fingerprint density at radius 3 is 2.59 bits per heavy atom. The topological polar surface area (TPSA) is 87.5 Å². The largest absolute Gasteiger partial charge is 0.352 e. The zero-order valence-electron chi connectivity index (χ0n) is 18.1. The molecular weight excluding hydrogens is 370 g/mol. The van der Waals surface area contributed by atoms with Crippen molar-refractivity contribution in [3.63, 3.8) is 0 Å². The highest BCUT2D eigenvalue weighted by Gasteiger charge is 2.46. The Labute approximate surface area is 172 Å². The van der Waals surface area contributed by atoms with Gasteiger partial charge in [-0.05, 0) is 38.7 Å². The van der Waals surface area contributed by atoms with E-state index in [1.807, 2.05) is 29.5 Å². The van der Waals surface area contributed by atoms with Gasteiger partial charge in [0.1, 0.15) is 6.04 Å². The Balaban J connectivity index is 1.72. The van der Waals surface area contributed by atoms with E-state index < -0.39 is 6.04 Å². The summed E-state index contributed by atoms with van der Waals surface area (Å²) in [5.74, 6) is 0.237. The van der Waals surface area contributed by atoms with Crippen LogP contribution in [0.25, 0.3) is 0 Å². The summed E-state index contributed by atoms with van der Waals surface area (Å²) in [6, 6.07) is 1.51. The molecule has 0 radical (unpaired) electrons. The van der Waals surface area contributed by atoms with Crippen molar-refractivity contribution in [2.24, 2.45) is 5.92 Å². The maximum atomic E-state index is 13.2. The smallest absolute Gasteiger partial charge is 0.245 e. The third-order valence-corrected chi connectivity index (χ3v) is 5.83. The molecule has 0 spiro atoms. The molecule has 2 fully saturated rings. The van der Waals surface area contributed by atoms with Crippen LogP contribution < -0.4 is 5.32 Å². The molecule has 0 saturated carbocycles. The van der Waals surface area contributed by atoms with E-state index in [2.05, 4.69) is 24.3 Å². The van der Waals surface area contributed by atoms with Gasteiger partial charge in [-0.2, -0.15) is 5.10 Å². The van der Waals surface area contributed by atoms with Gasteiger partial charge in [-0.25, -0.2) is 0 Å². The van der Waals surface area contributed by atoms with E-state index in [-0.39, 0.29) is 29.8 Å². The summed E-state index contributed by atoms with van der Waals surface area (Å²) in [6.45, 7) is 11.1. The Bertz CT molecular complexity index is 787. The molecule has 2 aliphatic heterocycles. The number of fused-ring (bicyclic) bond motifs is 1. The second-order valence-electron chi connectivity index (χ2n) is 8.87. The number of aromatic nitrogens is 2. The standard InChI is InChI=1S/C21H33N5O3/c1-13(2)8-19-21(29)24-11-17(22-16(5)27)10-18(24)12-25(19)20(28)6-7-26-15(4)9-14(3)23-26/h9,13,17-19H,6-8,10-12H2,1-5H3,(H,22,27)/t17-,18-,19-/m0/s1. The predicted octanol–water partition coefficient (Wildman–Crippen LogP) is 1.25. The van der Waals surface area contributed by atoms with E-state index in [0.717, 1.165) is 11.4 Å². The summed E-state index contributed by atoms with van der Waals surface area (Å²) < 4.78 is 1.85. The summed E-state index contributed by atoms with van der Waals surface area (Å²) in [5.41, 5.74) is 1.97. The van der Waals surface area contributed by atoms with Crippen molar-refractivity contribution in [3.8, 4) is 0 Å². The minimum atomic E-state index is -0.421. The van der Waals surface area contributed by atoms with Gasteiger partial charge in [0.05, 0.1) is 11.7 Å². The van der Waals surface area contributed by atoms with E-state index in [4.69, 9.17) is 0 Å². The Hall–Kier alpha value is -2.38. The number of rotatable bonds is 6. The lowest BCUT2D eigenvalue weighted by atomic mass is 9.96. The fourth-order valence-electron chi connectivity index (χ4n) is 4.63. The lowest BCUT2D eigenvalue weighted by Gasteiger charge is -2.43. The first-order valence-electron chi connectivity index (χ1n) is 10.5. The van der Waals surface area contributed by atoms with Crippen LogP contribution in [0.4, 0.5) is 0 Å². The first-order valence-corrected chi connectivity index (χ1v) is 10.5. The number of nitrogens with zero attached hydrogens (tertiary/aromatic N) is 4. The van der Waals surface area contributed by atoms with Crippen LogP contribution in [0.3, 0.4) is 0 Å². The van der Waals surface area contributed by atoms with Crippen LogP contribution in [0.5, 0.6) is 0 Å². The summed E-state index contributed by atoms with van der Waals surface area (Å²) in [7, 11) is 0. The molecule has 1 N–H and O–H groups in total. The molecule has 160 valence electrons. The maximum absolute atomic E-state index is 13.2. The number of piperazine rings is 1. The molecule has 8 nitrogen and oxygen atoms in total. The van der Waals surface area contributed by atoms with Crippen molar-refractivity contribution >= 4 is 17.7 Å². The van der Waals surface area contributed by atoms with Gasteiger partial charge >= 0.3 is 0 Å². The van der Waals surface area contributed by atoms with E-state index >= 15 is 0 Å². The number of amides is 3. The number of carbonyl (C=O) groups excluding carboxylic acids is 3. The number of aryl methyl sites for hydroxylation is 3. The van der Waals surface area contributed by atoms with Gasteiger partial charge < -0.3 is 15.1 Å². The van der Waals surface area contributed by atoms with E-state index in [0.29, 0.717) is 44.8 Å². The molecule has 1 aromatic heterocycles. The van der Waals surface area contributed by atoms with Gasteiger partial charge in [-0.15, -0.1) is 0 Å². The lowest BCUT2D eigenvalue weighted by molar-refractivity contribution is -0.154. The highest BCUT2D eigenvalue weighted by molar-refractivity contribution is 5.89.